The second kappa shape index (κ2) is 5.81. The van der Waals surface area contributed by atoms with Gasteiger partial charge in [-0.15, -0.1) is 11.8 Å². The molecule has 7 heteroatoms. The molecule has 1 amide bonds. The summed E-state index contributed by atoms with van der Waals surface area (Å²) in [5.41, 5.74) is 7.35. The molecule has 1 aromatic rings. The van der Waals surface area contributed by atoms with Gasteiger partial charge in [-0.3, -0.25) is 9.69 Å². The first-order valence-corrected chi connectivity index (χ1v) is 6.72. The van der Waals surface area contributed by atoms with Crippen molar-refractivity contribution < 1.29 is 44.3 Å². The number of amides is 1. The summed E-state index contributed by atoms with van der Waals surface area (Å²) in [6.45, 7) is 0. The van der Waals surface area contributed by atoms with Crippen molar-refractivity contribution in [2.24, 2.45) is 0 Å². The van der Waals surface area contributed by atoms with Crippen molar-refractivity contribution in [2.45, 2.75) is 18.2 Å². The number of β-lactam (4-membered cyclic amide) rings is 1. The zero-order chi connectivity index (χ0) is 13.6. The molecule has 0 radical (unpaired) electrons. The van der Waals surface area contributed by atoms with Crippen LogP contribution in [0.5, 0.6) is 0 Å². The van der Waals surface area contributed by atoms with E-state index in [9.17, 15) is 14.7 Å². The van der Waals surface area contributed by atoms with Crippen molar-refractivity contribution in [3.63, 3.8) is 0 Å². The van der Waals surface area contributed by atoms with Gasteiger partial charge in [-0.25, -0.2) is 0 Å². The number of nitrogens with zero attached hydrogens (tertiary/aromatic N) is 1. The van der Waals surface area contributed by atoms with E-state index in [0.717, 1.165) is 5.56 Å². The summed E-state index contributed by atoms with van der Waals surface area (Å²) >= 11 is 1.41. The van der Waals surface area contributed by atoms with Crippen molar-refractivity contribution in [1.29, 1.82) is 0 Å². The van der Waals surface area contributed by atoms with E-state index in [2.05, 4.69) is 0 Å². The molecule has 2 N–H and O–H groups in total. The van der Waals surface area contributed by atoms with Gasteiger partial charge in [0.1, 0.15) is 0 Å². The monoisotopic (exact) mass is 298 g/mol. The van der Waals surface area contributed by atoms with Crippen LogP contribution in [0.1, 0.15) is 12.0 Å². The van der Waals surface area contributed by atoms with E-state index in [1.54, 1.807) is 6.07 Å². The number of carbonyl (C=O) groups is 2. The molecular weight excluding hydrogens is 287 g/mol. The van der Waals surface area contributed by atoms with Gasteiger partial charge in [-0.05, 0) is 11.6 Å². The Morgan fingerprint density at radius 2 is 2.15 bits per heavy atom. The largest absolute Gasteiger partial charge is 1.00 e. The van der Waals surface area contributed by atoms with E-state index >= 15 is 0 Å². The number of anilines is 1. The van der Waals surface area contributed by atoms with Crippen LogP contribution in [0, 0.1) is 0 Å². The van der Waals surface area contributed by atoms with E-state index in [-0.39, 0.29) is 46.5 Å². The molecule has 0 aliphatic carbocycles. The molecule has 0 saturated carbocycles. The van der Waals surface area contributed by atoms with Gasteiger partial charge < -0.3 is 15.6 Å². The third-order valence-electron chi connectivity index (χ3n) is 3.29. The molecule has 20 heavy (non-hydrogen) atoms. The Morgan fingerprint density at radius 1 is 1.45 bits per heavy atom. The van der Waals surface area contributed by atoms with Crippen molar-refractivity contribution in [2.75, 3.05) is 5.73 Å². The first-order chi connectivity index (χ1) is 9.08. The van der Waals surface area contributed by atoms with Crippen molar-refractivity contribution in [3.8, 4) is 0 Å². The number of hydrogen-bond acceptors (Lipinski definition) is 5. The van der Waals surface area contributed by atoms with Crippen LogP contribution >= 0.6 is 11.8 Å². The number of nitrogens with two attached hydrogens (primary N) is 1. The molecule has 0 aromatic heterocycles. The van der Waals surface area contributed by atoms with Crippen molar-refractivity contribution >= 4 is 29.3 Å². The molecule has 0 spiro atoms. The number of thioether (sulfide) groups is 1. The Balaban J connectivity index is 0.00000147. The van der Waals surface area contributed by atoms with Gasteiger partial charge in [-0.1, -0.05) is 18.2 Å². The van der Waals surface area contributed by atoms with Gasteiger partial charge in [0.25, 0.3) is 0 Å². The average molecular weight is 298 g/mol. The Labute approximate surface area is 142 Å². The molecule has 0 bridgehead atoms. The number of carboxylic acids is 1. The molecule has 0 unspecified atom stereocenters. The second-order valence-corrected chi connectivity index (χ2v) is 5.75. The zero-order valence-electron chi connectivity index (χ0n) is 11.0. The maximum absolute atomic E-state index is 11.5. The van der Waals surface area contributed by atoms with Crippen molar-refractivity contribution in [1.82, 2.24) is 4.90 Å². The van der Waals surface area contributed by atoms with Crippen LogP contribution < -0.4 is 40.4 Å². The minimum atomic E-state index is -1.30. The van der Waals surface area contributed by atoms with E-state index in [1.165, 1.54) is 16.7 Å². The number of hydrogen-bond donors (Lipinski definition) is 1. The number of benzene rings is 1. The summed E-state index contributed by atoms with van der Waals surface area (Å²) < 4.78 is 0. The van der Waals surface area contributed by atoms with Crippen molar-refractivity contribution in [3.05, 3.63) is 40.4 Å². The standard InChI is InChI=1S/C13H12N2O3S.Na/c14-8-4-2-1-3-7(8)5-9-12(13(17)18)15-10(16)6-11(15)19-9;/h1-4,11H,5-6,14H2,(H,17,18);/q;+1/p-1/t11-;/m0./s1. The topological polar surface area (TPSA) is 86.5 Å². The number of para-hydroxylation sites is 1. The number of aliphatic carboxylic acids is 1. The molecule has 5 nitrogen and oxygen atoms in total. The van der Waals surface area contributed by atoms with Crippen LogP contribution in [-0.2, 0) is 16.0 Å². The minimum Gasteiger partial charge on any atom is -0.543 e. The summed E-state index contributed by atoms with van der Waals surface area (Å²) in [7, 11) is 0. The Morgan fingerprint density at radius 3 is 2.75 bits per heavy atom. The van der Waals surface area contributed by atoms with Gasteiger partial charge >= 0.3 is 29.6 Å². The Kier molecular flexibility index (Phi) is 4.49. The first kappa shape index (κ1) is 15.4. The van der Waals surface area contributed by atoms with Gasteiger partial charge in [0.05, 0.1) is 23.5 Å². The smallest absolute Gasteiger partial charge is 0.543 e. The molecule has 1 saturated heterocycles. The van der Waals surface area contributed by atoms with Gasteiger partial charge in [0.15, 0.2) is 0 Å². The molecule has 1 atom stereocenters. The summed E-state index contributed by atoms with van der Waals surface area (Å²) in [4.78, 5) is 24.6. The first-order valence-electron chi connectivity index (χ1n) is 5.84. The van der Waals surface area contributed by atoms with Crippen LogP contribution in [0.25, 0.3) is 0 Å². The summed E-state index contributed by atoms with van der Waals surface area (Å²) in [6, 6.07) is 7.30. The average Bonchev–Trinajstić information content (AvgIpc) is 2.65. The normalized spacial score (nSPS) is 20.3. The van der Waals surface area contributed by atoms with E-state index < -0.39 is 5.97 Å². The Bertz CT molecular complexity index is 617. The van der Waals surface area contributed by atoms with Gasteiger partial charge in [-0.2, -0.15) is 0 Å². The molecule has 2 aliphatic rings. The Hall–Kier alpha value is -0.950. The number of allylic oxidation sites excluding steroid dienone is 1. The summed E-state index contributed by atoms with van der Waals surface area (Å²) in [5, 5.41) is 11.1. The van der Waals surface area contributed by atoms with Crippen LogP contribution in [0.4, 0.5) is 5.69 Å². The van der Waals surface area contributed by atoms with Crippen LogP contribution in [0.3, 0.4) is 0 Å². The zero-order valence-corrected chi connectivity index (χ0v) is 13.8. The van der Waals surface area contributed by atoms with E-state index in [0.29, 0.717) is 23.4 Å². The quantitative estimate of drug-likeness (QED) is 0.367. The molecule has 2 aliphatic heterocycles. The van der Waals surface area contributed by atoms with Crippen LogP contribution in [-0.4, -0.2) is 22.2 Å². The van der Waals surface area contributed by atoms with Gasteiger partial charge in [0, 0.05) is 17.0 Å². The van der Waals surface area contributed by atoms with E-state index in [1.807, 2.05) is 18.2 Å². The maximum atomic E-state index is 11.5. The minimum absolute atomic E-state index is 0. The molecule has 98 valence electrons. The fourth-order valence-electron chi connectivity index (χ4n) is 2.31. The maximum Gasteiger partial charge on any atom is 1.00 e. The van der Waals surface area contributed by atoms with E-state index in [4.69, 9.17) is 5.73 Å². The fourth-order valence-corrected chi connectivity index (χ4v) is 3.73. The number of carbonyl (C=O) groups excluding carboxylic acids is 2. The molecule has 1 fully saturated rings. The second-order valence-electron chi connectivity index (χ2n) is 4.48. The summed E-state index contributed by atoms with van der Waals surface area (Å²) in [5.74, 6) is -1.46. The summed E-state index contributed by atoms with van der Waals surface area (Å²) in [6.07, 6.45) is 0.802. The number of rotatable bonds is 3. The fraction of sp³-hybridized carbons (Fsp3) is 0.231. The SMILES string of the molecule is Nc1ccccc1CC1=C(C(=O)[O-])N2C(=O)C[C@@H]2S1.[Na+]. The predicted octanol–water partition coefficient (Wildman–Crippen LogP) is -2.92. The number of carboxylic acid groups (broad SMARTS) is 1. The van der Waals surface area contributed by atoms with Gasteiger partial charge in [0.2, 0.25) is 5.91 Å². The van der Waals surface area contributed by atoms with Crippen LogP contribution in [0.15, 0.2) is 34.9 Å². The third kappa shape index (κ3) is 2.48. The molecule has 1 aromatic carbocycles. The molecule has 2 heterocycles. The number of fused-ring (bicyclic) bond motifs is 1. The number of nitrogen functional groups attached to an aromatic ring is 1. The van der Waals surface area contributed by atoms with Crippen LogP contribution in [0.2, 0.25) is 0 Å². The molecular formula is C13H11N2NaO3S. The predicted molar refractivity (Wildman–Crippen MR) is 69.4 cm³/mol. The third-order valence-corrected chi connectivity index (χ3v) is 4.56. The molecule has 3 rings (SSSR count).